The molecule has 0 aromatic carbocycles. The second kappa shape index (κ2) is 11.9. The van der Waals surface area contributed by atoms with Crippen molar-refractivity contribution in [3.63, 3.8) is 0 Å². The van der Waals surface area contributed by atoms with Crippen LogP contribution in [0.4, 0.5) is 27.8 Å². The zero-order chi connectivity index (χ0) is 28.4. The Morgan fingerprint density at radius 2 is 1.97 bits per heavy atom. The summed E-state index contributed by atoms with van der Waals surface area (Å²) in [7, 11) is 0. The second-order valence-corrected chi connectivity index (χ2v) is 10.3. The molecule has 1 aliphatic rings. The zero-order valence-corrected chi connectivity index (χ0v) is 22.1. The number of anilines is 1. The van der Waals surface area contributed by atoms with E-state index in [9.17, 15) is 36.6 Å². The highest BCUT2D eigenvalue weighted by atomic mass is 32.1. The number of hydrogen-bond acceptors (Lipinski definition) is 7. The first-order valence-electron chi connectivity index (χ1n) is 12.2. The summed E-state index contributed by atoms with van der Waals surface area (Å²) in [5.74, 6) is -1.66. The molecule has 4 atom stereocenters. The number of nitrogens with one attached hydrogen (secondary N) is 2. The molecule has 1 aliphatic heterocycles. The first-order valence-corrected chi connectivity index (χ1v) is 13.0. The maximum Gasteiger partial charge on any atom is 0.408 e. The van der Waals surface area contributed by atoms with Crippen LogP contribution in [0.5, 0.6) is 0 Å². The minimum absolute atomic E-state index is 0.0406. The number of hydrogen-bond donors (Lipinski definition) is 3. The van der Waals surface area contributed by atoms with E-state index in [4.69, 9.17) is 0 Å². The molecule has 8 nitrogen and oxygen atoms in total. The van der Waals surface area contributed by atoms with Crippen molar-refractivity contribution >= 4 is 29.0 Å². The lowest BCUT2D eigenvalue weighted by Crippen LogP contribution is -2.39. The Morgan fingerprint density at radius 1 is 1.29 bits per heavy atom. The van der Waals surface area contributed by atoms with E-state index in [2.05, 4.69) is 20.6 Å². The quantitative estimate of drug-likeness (QED) is 0.370. The third kappa shape index (κ3) is 6.57. The minimum atomic E-state index is -4.62. The summed E-state index contributed by atoms with van der Waals surface area (Å²) in [5, 5.41) is 14.2. The van der Waals surface area contributed by atoms with E-state index in [1.54, 1.807) is 11.8 Å². The smallest absolute Gasteiger partial charge is 0.391 e. The molecular formula is C24H30F5N5O3S. The highest BCUT2D eigenvalue weighted by molar-refractivity contribution is 7.17. The van der Waals surface area contributed by atoms with Gasteiger partial charge in [0.25, 0.3) is 18.2 Å². The molecule has 0 bridgehead atoms. The topological polar surface area (TPSA) is 107 Å². The van der Waals surface area contributed by atoms with Crippen LogP contribution >= 0.6 is 11.3 Å². The van der Waals surface area contributed by atoms with Crippen molar-refractivity contribution < 1.29 is 36.6 Å². The van der Waals surface area contributed by atoms with Crippen molar-refractivity contribution in [2.45, 2.75) is 83.8 Å². The molecule has 0 aliphatic carbocycles. The van der Waals surface area contributed by atoms with Crippen LogP contribution in [0, 0.1) is 0 Å². The van der Waals surface area contributed by atoms with E-state index in [-0.39, 0.29) is 33.6 Å². The van der Waals surface area contributed by atoms with Crippen LogP contribution in [0.1, 0.15) is 79.2 Å². The molecule has 3 N–H and O–H groups in total. The van der Waals surface area contributed by atoms with Gasteiger partial charge in [-0.3, -0.25) is 9.59 Å². The number of nitrogens with zero attached hydrogens (tertiary/aromatic N) is 3. The second-order valence-electron chi connectivity index (χ2n) is 9.29. The molecule has 0 radical (unpaired) electrons. The minimum Gasteiger partial charge on any atom is -0.391 e. The largest absolute Gasteiger partial charge is 0.408 e. The Kier molecular flexibility index (Phi) is 9.29. The van der Waals surface area contributed by atoms with Crippen LogP contribution in [-0.2, 0) is 0 Å². The third-order valence-corrected chi connectivity index (χ3v) is 7.55. The van der Waals surface area contributed by atoms with Gasteiger partial charge in [-0.2, -0.15) is 13.2 Å². The molecule has 38 heavy (non-hydrogen) atoms. The Labute approximate surface area is 220 Å². The number of likely N-dealkylation sites (tertiary alicyclic amines) is 1. The van der Waals surface area contributed by atoms with Gasteiger partial charge in [-0.1, -0.05) is 6.92 Å². The first kappa shape index (κ1) is 29.7. The Morgan fingerprint density at radius 3 is 2.50 bits per heavy atom. The molecule has 3 heterocycles. The number of halogens is 5. The molecule has 210 valence electrons. The monoisotopic (exact) mass is 563 g/mol. The highest BCUT2D eigenvalue weighted by Crippen LogP contribution is 2.39. The van der Waals surface area contributed by atoms with E-state index in [1.165, 1.54) is 13.8 Å². The van der Waals surface area contributed by atoms with Gasteiger partial charge in [0.1, 0.15) is 17.6 Å². The van der Waals surface area contributed by atoms with Crippen LogP contribution in [0.3, 0.4) is 0 Å². The lowest BCUT2D eigenvalue weighted by molar-refractivity contribution is -0.142. The molecule has 0 saturated carbocycles. The number of thiazole rings is 1. The van der Waals surface area contributed by atoms with Gasteiger partial charge in [-0.05, 0) is 46.1 Å². The molecular weight excluding hydrogens is 533 g/mol. The summed E-state index contributed by atoms with van der Waals surface area (Å²) in [4.78, 5) is 35.8. The first-order chi connectivity index (χ1) is 17.7. The number of amides is 2. The van der Waals surface area contributed by atoms with Crippen LogP contribution < -0.4 is 10.6 Å². The Hall–Kier alpha value is -2.87. The van der Waals surface area contributed by atoms with Crippen LogP contribution in [-0.4, -0.2) is 68.7 Å². The van der Waals surface area contributed by atoms with Gasteiger partial charge in [0.15, 0.2) is 5.01 Å². The molecule has 2 aromatic heterocycles. The van der Waals surface area contributed by atoms with Gasteiger partial charge in [0, 0.05) is 29.9 Å². The number of pyridine rings is 1. The molecule has 1 saturated heterocycles. The maximum atomic E-state index is 14.2. The predicted octanol–water partition coefficient (Wildman–Crippen LogP) is 5.02. The van der Waals surface area contributed by atoms with Crippen LogP contribution in [0.2, 0.25) is 0 Å². The molecule has 0 unspecified atom stereocenters. The normalized spacial score (nSPS) is 18.4. The van der Waals surface area contributed by atoms with E-state index in [0.29, 0.717) is 17.9 Å². The number of rotatable bonds is 9. The van der Waals surface area contributed by atoms with Gasteiger partial charge in [-0.25, -0.2) is 18.7 Å². The lowest BCUT2D eigenvalue weighted by Gasteiger charge is -2.22. The van der Waals surface area contributed by atoms with Crippen molar-refractivity contribution in [2.24, 2.45) is 0 Å². The predicted molar refractivity (Wildman–Crippen MR) is 132 cm³/mol. The fraction of sp³-hybridized carbons (Fsp3) is 0.583. The average molecular weight is 564 g/mol. The van der Waals surface area contributed by atoms with Crippen molar-refractivity contribution in [3.8, 4) is 10.4 Å². The number of aliphatic hydroxyl groups excluding tert-OH is 1. The molecule has 2 aromatic rings. The van der Waals surface area contributed by atoms with E-state index in [0.717, 1.165) is 25.1 Å². The fourth-order valence-corrected chi connectivity index (χ4v) is 5.01. The number of carbonyl (C=O) groups is 2. The van der Waals surface area contributed by atoms with Gasteiger partial charge in [-0.15, -0.1) is 11.3 Å². The van der Waals surface area contributed by atoms with Crippen LogP contribution in [0.25, 0.3) is 10.4 Å². The van der Waals surface area contributed by atoms with Gasteiger partial charge >= 0.3 is 6.18 Å². The SMILES string of the molecule is CC[C@H](Nc1cc(C(F)F)c(-c2sc(C(=O)N[C@@H](C)[C@H](C)O)nc2C(=O)N2CCC[C@@H]2C)cn1)C(F)(F)F. The average Bonchev–Trinajstić information content (AvgIpc) is 3.47. The molecule has 0 spiro atoms. The van der Waals surface area contributed by atoms with Crippen LogP contribution in [0.15, 0.2) is 12.3 Å². The molecule has 14 heteroatoms. The molecule has 1 fully saturated rings. The molecule has 3 rings (SSSR count). The summed E-state index contributed by atoms with van der Waals surface area (Å²) >= 11 is 0.697. The van der Waals surface area contributed by atoms with Crippen molar-refractivity contribution in [1.82, 2.24) is 20.2 Å². The summed E-state index contributed by atoms with van der Waals surface area (Å²) in [6.07, 6.45) is -6.52. The van der Waals surface area contributed by atoms with E-state index in [1.807, 2.05) is 6.92 Å². The number of aromatic nitrogens is 2. The van der Waals surface area contributed by atoms with Gasteiger partial charge < -0.3 is 20.6 Å². The summed E-state index contributed by atoms with van der Waals surface area (Å²) in [5.41, 5.74) is -1.08. The molecule has 2 amide bonds. The summed E-state index contributed by atoms with van der Waals surface area (Å²) < 4.78 is 68.0. The highest BCUT2D eigenvalue weighted by Gasteiger charge is 2.39. The Balaban J connectivity index is 2.09. The number of alkyl halides is 5. The van der Waals surface area contributed by atoms with Crippen molar-refractivity contribution in [3.05, 3.63) is 28.5 Å². The van der Waals surface area contributed by atoms with Crippen molar-refractivity contribution in [1.29, 1.82) is 0 Å². The van der Waals surface area contributed by atoms with Gasteiger partial charge in [0.05, 0.1) is 17.0 Å². The lowest BCUT2D eigenvalue weighted by atomic mass is 10.1. The standard InChI is InChI=1S/C24H30F5N5O3S/c1-5-16(24(27,28)29)32-17-9-14(20(25)26)15(10-30-17)19-18(23(37)34-8-6-7-11(34)2)33-22(38-19)21(36)31-12(3)13(4)35/h9-13,16,20,35H,5-8H2,1-4H3,(H,30,32)(H,31,36)/t11-,12-,13-,16-/m0/s1. The van der Waals surface area contributed by atoms with E-state index < -0.39 is 54.0 Å². The number of aliphatic hydroxyl groups is 1. The summed E-state index contributed by atoms with van der Waals surface area (Å²) in [6.45, 7) is 6.60. The number of carbonyl (C=O) groups excluding carboxylic acids is 2. The van der Waals surface area contributed by atoms with Gasteiger partial charge in [0.2, 0.25) is 0 Å². The third-order valence-electron chi connectivity index (χ3n) is 6.46. The summed E-state index contributed by atoms with van der Waals surface area (Å²) in [6, 6.07) is -1.96. The fourth-order valence-electron chi connectivity index (χ4n) is 4.02. The van der Waals surface area contributed by atoms with E-state index >= 15 is 0 Å². The maximum absolute atomic E-state index is 14.2. The zero-order valence-electron chi connectivity index (χ0n) is 21.3. The Bertz CT molecular complexity index is 1160. The van der Waals surface area contributed by atoms with Crippen molar-refractivity contribution in [2.75, 3.05) is 11.9 Å².